The molecule has 1 saturated heterocycles. The molecule has 22 heavy (non-hydrogen) atoms. The molecule has 0 bridgehead atoms. The Bertz CT molecular complexity index is 745. The molecular weight excluding hydrogens is 272 g/mol. The topological polar surface area (TPSA) is 44.8 Å². The molecule has 112 valence electrons. The van der Waals surface area contributed by atoms with E-state index < -0.39 is 0 Å². The van der Waals surface area contributed by atoms with E-state index in [1.165, 1.54) is 29.6 Å². The van der Waals surface area contributed by atoms with Crippen molar-refractivity contribution in [2.24, 2.45) is 5.92 Å². The highest BCUT2D eigenvalue weighted by molar-refractivity contribution is 5.81. The SMILES string of the molecule is c1ccc2c(C[C@@H]3CCN(Cc4cnc[nH]4)C3)ccnc2c1. The van der Waals surface area contributed by atoms with Gasteiger partial charge in [-0.3, -0.25) is 9.88 Å². The van der Waals surface area contributed by atoms with E-state index in [-0.39, 0.29) is 0 Å². The van der Waals surface area contributed by atoms with Crippen LogP contribution in [-0.4, -0.2) is 32.9 Å². The summed E-state index contributed by atoms with van der Waals surface area (Å²) in [5.41, 5.74) is 3.74. The van der Waals surface area contributed by atoms with Crippen molar-refractivity contribution in [3.63, 3.8) is 0 Å². The molecule has 1 aliphatic heterocycles. The Kier molecular flexibility index (Phi) is 3.60. The Balaban J connectivity index is 1.45. The number of hydrogen-bond donors (Lipinski definition) is 1. The molecule has 3 heterocycles. The molecule has 0 unspecified atom stereocenters. The van der Waals surface area contributed by atoms with E-state index in [1.54, 1.807) is 6.33 Å². The van der Waals surface area contributed by atoms with Gasteiger partial charge in [0.1, 0.15) is 0 Å². The number of aromatic nitrogens is 3. The highest BCUT2D eigenvalue weighted by Gasteiger charge is 2.23. The minimum Gasteiger partial charge on any atom is -0.347 e. The second kappa shape index (κ2) is 5.89. The zero-order valence-electron chi connectivity index (χ0n) is 12.6. The predicted molar refractivity (Wildman–Crippen MR) is 87.4 cm³/mol. The van der Waals surface area contributed by atoms with Crippen molar-refractivity contribution in [3.05, 3.63) is 60.3 Å². The van der Waals surface area contributed by atoms with Crippen molar-refractivity contribution in [1.82, 2.24) is 19.9 Å². The van der Waals surface area contributed by atoms with Crippen LogP contribution in [0.3, 0.4) is 0 Å². The predicted octanol–water partition coefficient (Wildman–Crippen LogP) is 3.02. The summed E-state index contributed by atoms with van der Waals surface area (Å²) in [4.78, 5) is 14.3. The third-order valence-corrected chi connectivity index (χ3v) is 4.57. The minimum atomic E-state index is 0.730. The fourth-order valence-electron chi connectivity index (χ4n) is 3.48. The van der Waals surface area contributed by atoms with Crippen LogP contribution in [-0.2, 0) is 13.0 Å². The van der Waals surface area contributed by atoms with Crippen molar-refractivity contribution in [2.45, 2.75) is 19.4 Å². The number of imidazole rings is 1. The van der Waals surface area contributed by atoms with E-state index in [2.05, 4.69) is 50.2 Å². The number of benzene rings is 1. The van der Waals surface area contributed by atoms with E-state index >= 15 is 0 Å². The van der Waals surface area contributed by atoms with E-state index in [0.717, 1.165) is 30.9 Å². The highest BCUT2D eigenvalue weighted by Crippen LogP contribution is 2.25. The second-order valence-corrected chi connectivity index (χ2v) is 6.16. The van der Waals surface area contributed by atoms with Crippen molar-refractivity contribution in [1.29, 1.82) is 0 Å². The molecule has 0 amide bonds. The van der Waals surface area contributed by atoms with E-state index in [1.807, 2.05) is 12.4 Å². The van der Waals surface area contributed by atoms with Crippen LogP contribution in [0.2, 0.25) is 0 Å². The van der Waals surface area contributed by atoms with Gasteiger partial charge in [0.15, 0.2) is 0 Å². The number of nitrogens with one attached hydrogen (secondary N) is 1. The summed E-state index contributed by atoms with van der Waals surface area (Å²) in [5.74, 6) is 0.730. The van der Waals surface area contributed by atoms with Crippen LogP contribution >= 0.6 is 0 Å². The lowest BCUT2D eigenvalue weighted by molar-refractivity contribution is 0.313. The van der Waals surface area contributed by atoms with E-state index in [9.17, 15) is 0 Å². The van der Waals surface area contributed by atoms with Gasteiger partial charge in [0.25, 0.3) is 0 Å². The van der Waals surface area contributed by atoms with Crippen LogP contribution in [0.5, 0.6) is 0 Å². The Morgan fingerprint density at radius 3 is 3.09 bits per heavy atom. The lowest BCUT2D eigenvalue weighted by Gasteiger charge is -2.15. The molecule has 1 aliphatic rings. The molecule has 1 aromatic carbocycles. The fourth-order valence-corrected chi connectivity index (χ4v) is 3.48. The molecule has 0 saturated carbocycles. The fraction of sp³-hybridized carbons (Fsp3) is 0.333. The minimum absolute atomic E-state index is 0.730. The Morgan fingerprint density at radius 2 is 2.18 bits per heavy atom. The van der Waals surface area contributed by atoms with Gasteiger partial charge < -0.3 is 4.98 Å². The van der Waals surface area contributed by atoms with Crippen molar-refractivity contribution in [2.75, 3.05) is 13.1 Å². The van der Waals surface area contributed by atoms with Gasteiger partial charge in [-0.05, 0) is 43.0 Å². The molecule has 3 aromatic rings. The summed E-state index contributed by atoms with van der Waals surface area (Å²) in [6, 6.07) is 10.6. The third-order valence-electron chi connectivity index (χ3n) is 4.57. The Morgan fingerprint density at radius 1 is 1.23 bits per heavy atom. The summed E-state index contributed by atoms with van der Waals surface area (Å²) in [5, 5.41) is 1.30. The Labute approximate surface area is 130 Å². The van der Waals surface area contributed by atoms with Crippen LogP contribution in [0, 0.1) is 5.92 Å². The number of aromatic amines is 1. The van der Waals surface area contributed by atoms with Gasteiger partial charge in [0.05, 0.1) is 11.8 Å². The standard InChI is InChI=1S/C18H20N4/c1-2-4-18-17(3-1)15(5-7-20-18)9-14-6-8-22(11-14)12-16-10-19-13-21-16/h1-5,7,10,13-14H,6,8-9,11-12H2,(H,19,21)/t14-/m0/s1. The number of rotatable bonds is 4. The summed E-state index contributed by atoms with van der Waals surface area (Å²) in [7, 11) is 0. The quantitative estimate of drug-likeness (QED) is 0.804. The summed E-state index contributed by atoms with van der Waals surface area (Å²) >= 11 is 0. The van der Waals surface area contributed by atoms with Crippen LogP contribution < -0.4 is 0 Å². The van der Waals surface area contributed by atoms with E-state index in [0.29, 0.717) is 0 Å². The lowest BCUT2D eigenvalue weighted by Crippen LogP contribution is -2.20. The zero-order chi connectivity index (χ0) is 14.8. The lowest BCUT2D eigenvalue weighted by atomic mass is 9.96. The van der Waals surface area contributed by atoms with Crippen molar-refractivity contribution < 1.29 is 0 Å². The number of likely N-dealkylation sites (tertiary alicyclic amines) is 1. The molecule has 0 aliphatic carbocycles. The first-order valence-corrected chi connectivity index (χ1v) is 7.91. The summed E-state index contributed by atoms with van der Waals surface area (Å²) in [6.07, 6.45) is 8.03. The maximum absolute atomic E-state index is 4.46. The van der Waals surface area contributed by atoms with Gasteiger partial charge in [-0.25, -0.2) is 4.98 Å². The summed E-state index contributed by atoms with van der Waals surface area (Å²) < 4.78 is 0. The normalized spacial score (nSPS) is 19.0. The molecule has 4 heteroatoms. The molecule has 1 fully saturated rings. The van der Waals surface area contributed by atoms with Crippen LogP contribution in [0.15, 0.2) is 49.1 Å². The first-order valence-electron chi connectivity index (χ1n) is 7.91. The van der Waals surface area contributed by atoms with Crippen LogP contribution in [0.4, 0.5) is 0 Å². The van der Waals surface area contributed by atoms with E-state index in [4.69, 9.17) is 0 Å². The molecule has 0 spiro atoms. The third kappa shape index (κ3) is 2.74. The number of nitrogens with zero attached hydrogens (tertiary/aromatic N) is 3. The van der Waals surface area contributed by atoms with Gasteiger partial charge in [-0.2, -0.15) is 0 Å². The first kappa shape index (κ1) is 13.5. The van der Waals surface area contributed by atoms with Crippen molar-refractivity contribution >= 4 is 10.9 Å². The van der Waals surface area contributed by atoms with Gasteiger partial charge in [0, 0.05) is 36.6 Å². The second-order valence-electron chi connectivity index (χ2n) is 6.16. The molecule has 2 aromatic heterocycles. The zero-order valence-corrected chi connectivity index (χ0v) is 12.6. The number of H-pyrrole nitrogens is 1. The molecule has 1 N–H and O–H groups in total. The molecular formula is C18H20N4. The number of fused-ring (bicyclic) bond motifs is 1. The van der Waals surface area contributed by atoms with Crippen molar-refractivity contribution in [3.8, 4) is 0 Å². The number of pyridine rings is 1. The highest BCUT2D eigenvalue weighted by atomic mass is 15.2. The molecule has 4 nitrogen and oxygen atoms in total. The first-order chi connectivity index (χ1) is 10.9. The molecule has 0 radical (unpaired) electrons. The molecule has 1 atom stereocenters. The average molecular weight is 292 g/mol. The van der Waals surface area contributed by atoms with Crippen LogP contribution in [0.1, 0.15) is 17.7 Å². The number of hydrogen-bond acceptors (Lipinski definition) is 3. The smallest absolute Gasteiger partial charge is 0.0922 e. The number of para-hydroxylation sites is 1. The Hall–Kier alpha value is -2.20. The van der Waals surface area contributed by atoms with Crippen LogP contribution in [0.25, 0.3) is 10.9 Å². The largest absolute Gasteiger partial charge is 0.347 e. The maximum atomic E-state index is 4.46. The summed E-state index contributed by atoms with van der Waals surface area (Å²) in [6.45, 7) is 3.32. The van der Waals surface area contributed by atoms with Gasteiger partial charge in [-0.15, -0.1) is 0 Å². The van der Waals surface area contributed by atoms with Gasteiger partial charge in [-0.1, -0.05) is 18.2 Å². The monoisotopic (exact) mass is 292 g/mol. The average Bonchev–Trinajstić information content (AvgIpc) is 3.20. The molecule has 4 rings (SSSR count). The van der Waals surface area contributed by atoms with Gasteiger partial charge in [0.2, 0.25) is 0 Å². The van der Waals surface area contributed by atoms with Gasteiger partial charge >= 0.3 is 0 Å². The maximum Gasteiger partial charge on any atom is 0.0922 e.